The Kier molecular flexibility index (Phi) is 2.76. The molecule has 90 valence electrons. The van der Waals surface area contributed by atoms with Gasteiger partial charge in [0.15, 0.2) is 0 Å². The number of pyridine rings is 1. The highest BCUT2D eigenvalue weighted by atomic mass is 35.5. The van der Waals surface area contributed by atoms with Crippen molar-refractivity contribution in [3.63, 3.8) is 0 Å². The van der Waals surface area contributed by atoms with E-state index in [4.69, 9.17) is 11.6 Å². The highest BCUT2D eigenvalue weighted by Crippen LogP contribution is 2.27. The van der Waals surface area contributed by atoms with Gasteiger partial charge in [-0.3, -0.25) is 4.79 Å². The molecule has 5 heteroatoms. The highest BCUT2D eigenvalue weighted by Gasteiger charge is 2.38. The van der Waals surface area contributed by atoms with E-state index in [1.54, 1.807) is 12.1 Å². The Hall–Kier alpha value is -1.13. The Morgan fingerprint density at radius 1 is 1.35 bits per heavy atom. The van der Waals surface area contributed by atoms with Crippen LogP contribution in [0.1, 0.15) is 10.5 Å². The second-order valence-electron chi connectivity index (χ2n) is 4.75. The van der Waals surface area contributed by atoms with Gasteiger partial charge in [0.05, 0.1) is 5.02 Å². The molecule has 1 aromatic heterocycles. The highest BCUT2D eigenvalue weighted by molar-refractivity contribution is 6.30. The largest absolute Gasteiger partial charge is 0.337 e. The van der Waals surface area contributed by atoms with Crippen LogP contribution in [0.3, 0.4) is 0 Å². The molecule has 1 N–H and O–H groups in total. The molecular formula is C12H14ClN3O. The first-order valence-corrected chi connectivity index (χ1v) is 6.23. The molecule has 1 amide bonds. The summed E-state index contributed by atoms with van der Waals surface area (Å²) in [4.78, 5) is 18.2. The van der Waals surface area contributed by atoms with Gasteiger partial charge in [0, 0.05) is 32.4 Å². The Labute approximate surface area is 105 Å². The zero-order valence-corrected chi connectivity index (χ0v) is 10.2. The molecule has 0 spiro atoms. The van der Waals surface area contributed by atoms with Gasteiger partial charge in [-0.05, 0) is 24.0 Å². The number of fused-ring (bicyclic) bond motifs is 1. The quantitative estimate of drug-likeness (QED) is 0.811. The first-order valence-electron chi connectivity index (χ1n) is 5.85. The van der Waals surface area contributed by atoms with E-state index in [1.807, 2.05) is 4.90 Å². The molecule has 2 saturated heterocycles. The minimum Gasteiger partial charge on any atom is -0.337 e. The maximum atomic E-state index is 12.2. The van der Waals surface area contributed by atoms with Crippen LogP contribution in [-0.4, -0.2) is 42.0 Å². The Balaban J connectivity index is 1.73. The van der Waals surface area contributed by atoms with Crippen molar-refractivity contribution in [2.24, 2.45) is 11.8 Å². The van der Waals surface area contributed by atoms with Crippen LogP contribution in [0.5, 0.6) is 0 Å². The van der Waals surface area contributed by atoms with Gasteiger partial charge in [-0.15, -0.1) is 0 Å². The van der Waals surface area contributed by atoms with Crippen molar-refractivity contribution in [3.8, 4) is 0 Å². The summed E-state index contributed by atoms with van der Waals surface area (Å²) < 4.78 is 0. The van der Waals surface area contributed by atoms with Crippen LogP contribution in [0.25, 0.3) is 0 Å². The lowest BCUT2D eigenvalue weighted by atomic mass is 10.0. The number of nitrogens with one attached hydrogen (secondary N) is 1. The normalized spacial score (nSPS) is 27.2. The van der Waals surface area contributed by atoms with Crippen LogP contribution < -0.4 is 5.32 Å². The third-order valence-corrected chi connectivity index (χ3v) is 3.85. The number of hydrogen-bond donors (Lipinski definition) is 1. The summed E-state index contributed by atoms with van der Waals surface area (Å²) in [7, 11) is 0. The van der Waals surface area contributed by atoms with E-state index in [9.17, 15) is 4.79 Å². The average molecular weight is 252 g/mol. The summed E-state index contributed by atoms with van der Waals surface area (Å²) >= 11 is 5.76. The minimum absolute atomic E-state index is 0.0241. The molecule has 1 aromatic rings. The van der Waals surface area contributed by atoms with Gasteiger partial charge in [-0.2, -0.15) is 0 Å². The zero-order valence-electron chi connectivity index (χ0n) is 9.40. The average Bonchev–Trinajstić information content (AvgIpc) is 2.89. The second kappa shape index (κ2) is 4.27. The first kappa shape index (κ1) is 11.0. The van der Waals surface area contributed by atoms with Crippen molar-refractivity contribution >= 4 is 17.5 Å². The van der Waals surface area contributed by atoms with Crippen LogP contribution in [0.15, 0.2) is 18.3 Å². The molecule has 3 rings (SSSR count). The van der Waals surface area contributed by atoms with Crippen molar-refractivity contribution < 1.29 is 4.79 Å². The number of likely N-dealkylation sites (tertiary alicyclic amines) is 1. The number of amides is 1. The molecule has 2 aliphatic heterocycles. The lowest BCUT2D eigenvalue weighted by molar-refractivity contribution is 0.0776. The van der Waals surface area contributed by atoms with E-state index >= 15 is 0 Å². The molecule has 2 fully saturated rings. The lowest BCUT2D eigenvalue weighted by Gasteiger charge is -2.16. The van der Waals surface area contributed by atoms with Crippen LogP contribution in [0, 0.1) is 11.8 Å². The smallest absolute Gasteiger partial charge is 0.272 e. The molecule has 0 aliphatic carbocycles. The molecular weight excluding hydrogens is 238 g/mol. The predicted octanol–water partition coefficient (Wildman–Crippen LogP) is 1.03. The molecule has 3 heterocycles. The van der Waals surface area contributed by atoms with Crippen LogP contribution in [-0.2, 0) is 0 Å². The lowest BCUT2D eigenvalue weighted by Crippen LogP contribution is -2.32. The third-order valence-electron chi connectivity index (χ3n) is 3.62. The van der Waals surface area contributed by atoms with Gasteiger partial charge >= 0.3 is 0 Å². The van der Waals surface area contributed by atoms with Crippen molar-refractivity contribution in [2.45, 2.75) is 0 Å². The van der Waals surface area contributed by atoms with E-state index < -0.39 is 0 Å². The minimum atomic E-state index is 0.0241. The standard InChI is InChI=1S/C12H14ClN3O/c13-10-1-2-11(15-5-10)12(17)16-6-8-3-14-4-9(8)7-16/h1-2,5,8-9,14H,3-4,6-7H2/t8-,9+. The molecule has 0 unspecified atom stereocenters. The SMILES string of the molecule is O=C(c1ccc(Cl)cn1)N1C[C@H]2CNC[C@H]2C1. The van der Waals surface area contributed by atoms with E-state index in [1.165, 1.54) is 6.20 Å². The number of halogens is 1. The third kappa shape index (κ3) is 2.03. The molecule has 0 aromatic carbocycles. The Morgan fingerprint density at radius 3 is 2.65 bits per heavy atom. The van der Waals surface area contributed by atoms with Crippen molar-refractivity contribution in [1.82, 2.24) is 15.2 Å². The summed E-state index contributed by atoms with van der Waals surface area (Å²) in [6.07, 6.45) is 1.52. The summed E-state index contributed by atoms with van der Waals surface area (Å²) in [6.45, 7) is 3.76. The number of carbonyl (C=O) groups is 1. The molecule has 0 radical (unpaired) electrons. The van der Waals surface area contributed by atoms with Gasteiger partial charge in [0.25, 0.3) is 5.91 Å². The first-order chi connectivity index (χ1) is 8.24. The monoisotopic (exact) mass is 251 g/mol. The fourth-order valence-electron chi connectivity index (χ4n) is 2.69. The topological polar surface area (TPSA) is 45.2 Å². The Morgan fingerprint density at radius 2 is 2.06 bits per heavy atom. The van der Waals surface area contributed by atoms with Gasteiger partial charge < -0.3 is 10.2 Å². The molecule has 4 nitrogen and oxygen atoms in total. The van der Waals surface area contributed by atoms with Crippen LogP contribution >= 0.6 is 11.6 Å². The molecule has 17 heavy (non-hydrogen) atoms. The number of nitrogens with zero attached hydrogens (tertiary/aromatic N) is 2. The van der Waals surface area contributed by atoms with Crippen molar-refractivity contribution in [2.75, 3.05) is 26.2 Å². The summed E-state index contributed by atoms with van der Waals surface area (Å²) in [6, 6.07) is 3.40. The molecule has 2 atom stereocenters. The number of hydrogen-bond acceptors (Lipinski definition) is 3. The van der Waals surface area contributed by atoms with Crippen LogP contribution in [0.4, 0.5) is 0 Å². The van der Waals surface area contributed by atoms with Gasteiger partial charge in [0.1, 0.15) is 5.69 Å². The van der Waals surface area contributed by atoms with Crippen molar-refractivity contribution in [1.29, 1.82) is 0 Å². The van der Waals surface area contributed by atoms with Crippen LogP contribution in [0.2, 0.25) is 5.02 Å². The Bertz CT molecular complexity index is 422. The van der Waals surface area contributed by atoms with E-state index in [0.29, 0.717) is 22.6 Å². The molecule has 0 saturated carbocycles. The fraction of sp³-hybridized carbons (Fsp3) is 0.500. The van der Waals surface area contributed by atoms with Gasteiger partial charge in [0.2, 0.25) is 0 Å². The van der Waals surface area contributed by atoms with Gasteiger partial charge in [-0.25, -0.2) is 4.98 Å². The van der Waals surface area contributed by atoms with Gasteiger partial charge in [-0.1, -0.05) is 11.6 Å². The van der Waals surface area contributed by atoms with E-state index in [2.05, 4.69) is 10.3 Å². The number of carbonyl (C=O) groups excluding carboxylic acids is 1. The van der Waals surface area contributed by atoms with E-state index in [-0.39, 0.29) is 5.91 Å². The number of rotatable bonds is 1. The summed E-state index contributed by atoms with van der Waals surface area (Å²) in [5.41, 5.74) is 0.488. The number of aromatic nitrogens is 1. The molecule has 0 bridgehead atoms. The molecule has 2 aliphatic rings. The summed E-state index contributed by atoms with van der Waals surface area (Å²) in [5, 5.41) is 3.92. The van der Waals surface area contributed by atoms with E-state index in [0.717, 1.165) is 26.2 Å². The predicted molar refractivity (Wildman–Crippen MR) is 65.0 cm³/mol. The second-order valence-corrected chi connectivity index (χ2v) is 5.19. The fourth-order valence-corrected chi connectivity index (χ4v) is 2.80. The zero-order chi connectivity index (χ0) is 11.8. The maximum absolute atomic E-state index is 12.2. The summed E-state index contributed by atoms with van der Waals surface area (Å²) in [5.74, 6) is 1.26. The maximum Gasteiger partial charge on any atom is 0.272 e. The van der Waals surface area contributed by atoms with Crippen molar-refractivity contribution in [3.05, 3.63) is 29.0 Å².